The SMILES string of the molecule is CCCCCCOc1ccc(-c2cc(-c3ccccc3C(=O)O)no2)cc1. The molecule has 0 spiro atoms. The van der Waals surface area contributed by atoms with Crippen LogP contribution < -0.4 is 4.74 Å². The topological polar surface area (TPSA) is 72.6 Å². The van der Waals surface area contributed by atoms with Crippen LogP contribution in [-0.2, 0) is 0 Å². The number of carboxylic acid groups (broad SMARTS) is 1. The van der Waals surface area contributed by atoms with Crippen LogP contribution in [0.3, 0.4) is 0 Å². The standard InChI is InChI=1S/C22H23NO4/c1-2-3-4-7-14-26-17-12-10-16(11-13-17)21-15-20(23-27-21)18-8-5-6-9-19(18)22(24)25/h5-6,8-13,15H,2-4,7,14H2,1H3,(H,24,25). The average Bonchev–Trinajstić information content (AvgIpc) is 3.18. The molecule has 0 aliphatic heterocycles. The highest BCUT2D eigenvalue weighted by Gasteiger charge is 2.15. The zero-order valence-electron chi connectivity index (χ0n) is 15.4. The highest BCUT2D eigenvalue weighted by molar-refractivity contribution is 5.95. The van der Waals surface area contributed by atoms with Gasteiger partial charge >= 0.3 is 5.97 Å². The molecule has 27 heavy (non-hydrogen) atoms. The predicted molar refractivity (Wildman–Crippen MR) is 104 cm³/mol. The number of aromatic carboxylic acids is 1. The van der Waals surface area contributed by atoms with Crippen LogP contribution in [0.25, 0.3) is 22.6 Å². The largest absolute Gasteiger partial charge is 0.494 e. The molecule has 0 saturated heterocycles. The lowest BCUT2D eigenvalue weighted by molar-refractivity contribution is 0.0697. The van der Waals surface area contributed by atoms with Crippen LogP contribution in [0.2, 0.25) is 0 Å². The predicted octanol–water partition coefficient (Wildman–Crippen LogP) is 5.67. The summed E-state index contributed by atoms with van der Waals surface area (Å²) in [5.74, 6) is 0.418. The maximum atomic E-state index is 11.4. The number of carboxylic acids is 1. The molecule has 140 valence electrons. The third-order valence-corrected chi connectivity index (χ3v) is 4.35. The van der Waals surface area contributed by atoms with Gasteiger partial charge in [-0.2, -0.15) is 0 Å². The smallest absolute Gasteiger partial charge is 0.336 e. The van der Waals surface area contributed by atoms with Crippen LogP contribution in [0, 0.1) is 0 Å². The minimum Gasteiger partial charge on any atom is -0.494 e. The molecule has 5 heteroatoms. The summed E-state index contributed by atoms with van der Waals surface area (Å²) in [7, 11) is 0. The van der Waals surface area contributed by atoms with Crippen molar-refractivity contribution in [2.75, 3.05) is 6.61 Å². The lowest BCUT2D eigenvalue weighted by Gasteiger charge is -2.06. The number of carbonyl (C=O) groups is 1. The molecule has 0 amide bonds. The highest BCUT2D eigenvalue weighted by atomic mass is 16.5. The van der Waals surface area contributed by atoms with Crippen molar-refractivity contribution in [3.05, 3.63) is 60.2 Å². The average molecular weight is 365 g/mol. The fraction of sp³-hybridized carbons (Fsp3) is 0.273. The van der Waals surface area contributed by atoms with E-state index in [-0.39, 0.29) is 5.56 Å². The van der Waals surface area contributed by atoms with Crippen LogP contribution in [0.15, 0.2) is 59.1 Å². The van der Waals surface area contributed by atoms with Crippen molar-refractivity contribution < 1.29 is 19.2 Å². The summed E-state index contributed by atoms with van der Waals surface area (Å²) in [5.41, 5.74) is 2.09. The number of hydrogen-bond donors (Lipinski definition) is 1. The Kier molecular flexibility index (Phi) is 6.26. The van der Waals surface area contributed by atoms with E-state index in [4.69, 9.17) is 9.26 Å². The lowest BCUT2D eigenvalue weighted by Crippen LogP contribution is -1.98. The van der Waals surface area contributed by atoms with Crippen molar-refractivity contribution in [1.82, 2.24) is 5.16 Å². The Morgan fingerprint density at radius 1 is 1.07 bits per heavy atom. The second-order valence-electron chi connectivity index (χ2n) is 6.36. The van der Waals surface area contributed by atoms with Gasteiger partial charge in [-0.05, 0) is 36.8 Å². The van der Waals surface area contributed by atoms with Gasteiger partial charge in [0.15, 0.2) is 5.76 Å². The quantitative estimate of drug-likeness (QED) is 0.495. The van der Waals surface area contributed by atoms with Gasteiger partial charge in [0.2, 0.25) is 0 Å². The fourth-order valence-electron chi connectivity index (χ4n) is 2.87. The van der Waals surface area contributed by atoms with E-state index < -0.39 is 5.97 Å². The molecule has 1 aromatic heterocycles. The van der Waals surface area contributed by atoms with Crippen molar-refractivity contribution in [3.63, 3.8) is 0 Å². The molecule has 0 aliphatic carbocycles. The Labute approximate surface area is 158 Å². The Hall–Kier alpha value is -3.08. The van der Waals surface area contributed by atoms with Gasteiger partial charge in [-0.3, -0.25) is 0 Å². The first-order valence-corrected chi connectivity index (χ1v) is 9.21. The summed E-state index contributed by atoms with van der Waals surface area (Å²) in [6.45, 7) is 2.91. The molecule has 0 radical (unpaired) electrons. The first-order chi connectivity index (χ1) is 13.2. The first kappa shape index (κ1) is 18.7. The van der Waals surface area contributed by atoms with Gasteiger partial charge in [0, 0.05) is 17.2 Å². The summed E-state index contributed by atoms with van der Waals surface area (Å²) in [6.07, 6.45) is 4.70. The molecule has 0 bridgehead atoms. The summed E-state index contributed by atoms with van der Waals surface area (Å²) >= 11 is 0. The molecule has 3 aromatic rings. The Morgan fingerprint density at radius 3 is 2.59 bits per heavy atom. The molecule has 1 heterocycles. The van der Waals surface area contributed by atoms with Crippen molar-refractivity contribution in [3.8, 4) is 28.3 Å². The number of rotatable bonds is 9. The van der Waals surface area contributed by atoms with Crippen molar-refractivity contribution in [1.29, 1.82) is 0 Å². The normalized spacial score (nSPS) is 10.7. The molecule has 0 unspecified atom stereocenters. The second-order valence-corrected chi connectivity index (χ2v) is 6.36. The van der Waals surface area contributed by atoms with Crippen LogP contribution in [-0.4, -0.2) is 22.8 Å². The minimum atomic E-state index is -0.990. The van der Waals surface area contributed by atoms with Gasteiger partial charge in [0.25, 0.3) is 0 Å². The number of benzene rings is 2. The fourth-order valence-corrected chi connectivity index (χ4v) is 2.87. The first-order valence-electron chi connectivity index (χ1n) is 9.21. The number of unbranched alkanes of at least 4 members (excludes halogenated alkanes) is 3. The van der Waals surface area contributed by atoms with Gasteiger partial charge in [-0.1, -0.05) is 49.5 Å². The van der Waals surface area contributed by atoms with E-state index >= 15 is 0 Å². The molecular formula is C22H23NO4. The molecule has 3 rings (SSSR count). The third kappa shape index (κ3) is 4.76. The van der Waals surface area contributed by atoms with E-state index in [1.165, 1.54) is 19.3 Å². The van der Waals surface area contributed by atoms with Gasteiger partial charge in [0.1, 0.15) is 11.4 Å². The van der Waals surface area contributed by atoms with Crippen LogP contribution in [0.4, 0.5) is 0 Å². The van der Waals surface area contributed by atoms with Crippen LogP contribution in [0.1, 0.15) is 43.0 Å². The molecule has 0 fully saturated rings. The zero-order valence-corrected chi connectivity index (χ0v) is 15.4. The zero-order chi connectivity index (χ0) is 19.1. The van der Waals surface area contributed by atoms with E-state index in [1.807, 2.05) is 24.3 Å². The van der Waals surface area contributed by atoms with Gasteiger partial charge in [-0.25, -0.2) is 4.79 Å². The maximum absolute atomic E-state index is 11.4. The van der Waals surface area contributed by atoms with Crippen molar-refractivity contribution in [2.24, 2.45) is 0 Å². The highest BCUT2D eigenvalue weighted by Crippen LogP contribution is 2.29. The van der Waals surface area contributed by atoms with Gasteiger partial charge in [-0.15, -0.1) is 0 Å². The van der Waals surface area contributed by atoms with Gasteiger partial charge in [0.05, 0.1) is 12.2 Å². The van der Waals surface area contributed by atoms with E-state index in [9.17, 15) is 9.90 Å². The molecule has 2 aromatic carbocycles. The van der Waals surface area contributed by atoms with E-state index in [2.05, 4.69) is 12.1 Å². The summed E-state index contributed by atoms with van der Waals surface area (Å²) in [5, 5.41) is 13.4. The lowest BCUT2D eigenvalue weighted by atomic mass is 10.0. The van der Waals surface area contributed by atoms with E-state index in [0.29, 0.717) is 17.0 Å². The number of ether oxygens (including phenoxy) is 1. The third-order valence-electron chi connectivity index (χ3n) is 4.35. The Bertz CT molecular complexity index is 883. The summed E-state index contributed by atoms with van der Waals surface area (Å²) < 4.78 is 11.2. The van der Waals surface area contributed by atoms with Gasteiger partial charge < -0.3 is 14.4 Å². The van der Waals surface area contributed by atoms with Crippen molar-refractivity contribution >= 4 is 5.97 Å². The van der Waals surface area contributed by atoms with E-state index in [1.54, 1.807) is 30.3 Å². The van der Waals surface area contributed by atoms with Crippen LogP contribution >= 0.6 is 0 Å². The Morgan fingerprint density at radius 2 is 1.85 bits per heavy atom. The number of hydrogen-bond acceptors (Lipinski definition) is 4. The number of aromatic nitrogens is 1. The maximum Gasteiger partial charge on any atom is 0.336 e. The summed E-state index contributed by atoms with van der Waals surface area (Å²) in [4.78, 5) is 11.4. The van der Waals surface area contributed by atoms with Crippen LogP contribution in [0.5, 0.6) is 5.75 Å². The molecule has 0 aliphatic rings. The molecule has 5 nitrogen and oxygen atoms in total. The van der Waals surface area contributed by atoms with Crippen molar-refractivity contribution in [2.45, 2.75) is 32.6 Å². The minimum absolute atomic E-state index is 0.198. The molecule has 0 atom stereocenters. The number of nitrogens with zero attached hydrogens (tertiary/aromatic N) is 1. The second kappa shape index (κ2) is 9.03. The van der Waals surface area contributed by atoms with E-state index in [0.717, 1.165) is 24.3 Å². The summed E-state index contributed by atoms with van der Waals surface area (Å²) in [6, 6.07) is 16.1. The molecule has 1 N–H and O–H groups in total. The molecular weight excluding hydrogens is 342 g/mol. The Balaban J connectivity index is 1.69. The monoisotopic (exact) mass is 365 g/mol. The molecule has 0 saturated carbocycles.